The molecule has 0 radical (unpaired) electrons. The summed E-state index contributed by atoms with van der Waals surface area (Å²) in [5.41, 5.74) is 7.17. The third-order valence-corrected chi connectivity index (χ3v) is 3.32. The van der Waals surface area contributed by atoms with Gasteiger partial charge in [-0.2, -0.15) is 0 Å². The average Bonchev–Trinajstić information content (AvgIpc) is 2.53. The van der Waals surface area contributed by atoms with E-state index in [2.05, 4.69) is 0 Å². The van der Waals surface area contributed by atoms with Crippen molar-refractivity contribution in [2.45, 2.75) is 6.04 Å². The molecule has 0 heterocycles. The fourth-order valence-electron chi connectivity index (χ4n) is 2.23. The molecule has 0 spiro atoms. The van der Waals surface area contributed by atoms with Crippen LogP contribution >= 0.6 is 0 Å². The van der Waals surface area contributed by atoms with E-state index in [4.69, 9.17) is 19.9 Å². The Hall–Kier alpha value is -2.27. The normalized spacial score (nSPS) is 11.9. The molecule has 21 heavy (non-hydrogen) atoms. The highest BCUT2D eigenvalue weighted by molar-refractivity contribution is 5.49. The molecule has 2 aromatic carbocycles. The Morgan fingerprint density at radius 1 is 0.952 bits per heavy atom. The Bertz CT molecular complexity index is 631. The minimum absolute atomic E-state index is 0.295. The van der Waals surface area contributed by atoms with E-state index in [9.17, 15) is 4.39 Å². The van der Waals surface area contributed by atoms with Gasteiger partial charge in [0.2, 0.25) is 0 Å². The third kappa shape index (κ3) is 2.92. The van der Waals surface area contributed by atoms with Crippen LogP contribution in [0.2, 0.25) is 0 Å². The van der Waals surface area contributed by atoms with Gasteiger partial charge in [-0.05, 0) is 24.3 Å². The van der Waals surface area contributed by atoms with Gasteiger partial charge in [0.1, 0.15) is 23.1 Å². The number of nitrogens with two attached hydrogens (primary N) is 1. The summed E-state index contributed by atoms with van der Waals surface area (Å²) in [5.74, 6) is 1.16. The number of rotatable bonds is 5. The minimum Gasteiger partial charge on any atom is -0.497 e. The van der Waals surface area contributed by atoms with Crippen molar-refractivity contribution in [2.75, 3.05) is 21.3 Å². The fraction of sp³-hybridized carbons (Fsp3) is 0.250. The molecule has 0 aliphatic rings. The molecule has 2 aromatic rings. The highest BCUT2D eigenvalue weighted by atomic mass is 19.1. The van der Waals surface area contributed by atoms with Gasteiger partial charge in [0.05, 0.1) is 32.9 Å². The Balaban J connectivity index is 2.52. The maximum Gasteiger partial charge on any atom is 0.132 e. The molecule has 0 amide bonds. The Labute approximate surface area is 123 Å². The molecule has 4 nitrogen and oxygen atoms in total. The second-order valence-electron chi connectivity index (χ2n) is 4.44. The summed E-state index contributed by atoms with van der Waals surface area (Å²) in [7, 11) is 4.58. The summed E-state index contributed by atoms with van der Waals surface area (Å²) < 4.78 is 29.8. The van der Waals surface area contributed by atoms with E-state index in [1.807, 2.05) is 0 Å². The van der Waals surface area contributed by atoms with Gasteiger partial charge in [-0.15, -0.1) is 0 Å². The van der Waals surface area contributed by atoms with Crippen molar-refractivity contribution in [1.82, 2.24) is 0 Å². The molecule has 2 N–H and O–H groups in total. The number of methoxy groups -OCH3 is 3. The smallest absolute Gasteiger partial charge is 0.132 e. The van der Waals surface area contributed by atoms with Crippen LogP contribution in [0.25, 0.3) is 0 Å². The third-order valence-electron chi connectivity index (χ3n) is 3.32. The van der Waals surface area contributed by atoms with Gasteiger partial charge in [0.25, 0.3) is 0 Å². The predicted octanol–water partition coefficient (Wildman–Crippen LogP) is 2.90. The van der Waals surface area contributed by atoms with Crippen LogP contribution in [-0.2, 0) is 0 Å². The minimum atomic E-state index is -0.706. The van der Waals surface area contributed by atoms with Crippen LogP contribution < -0.4 is 19.9 Å². The maximum absolute atomic E-state index is 14.1. The summed E-state index contributed by atoms with van der Waals surface area (Å²) in [6.07, 6.45) is 0. The van der Waals surface area contributed by atoms with Crippen LogP contribution in [0.5, 0.6) is 17.2 Å². The predicted molar refractivity (Wildman–Crippen MR) is 78.5 cm³/mol. The molecule has 0 saturated heterocycles. The first-order chi connectivity index (χ1) is 10.1. The molecule has 1 unspecified atom stereocenters. The van der Waals surface area contributed by atoms with Crippen LogP contribution in [0, 0.1) is 5.82 Å². The van der Waals surface area contributed by atoms with E-state index in [0.29, 0.717) is 28.4 Å². The molecule has 0 bridgehead atoms. The molecule has 5 heteroatoms. The molecule has 0 saturated carbocycles. The van der Waals surface area contributed by atoms with E-state index < -0.39 is 11.9 Å². The second-order valence-corrected chi connectivity index (χ2v) is 4.44. The number of hydrogen-bond acceptors (Lipinski definition) is 4. The first-order valence-electron chi connectivity index (χ1n) is 6.42. The second kappa shape index (κ2) is 6.45. The van der Waals surface area contributed by atoms with Crippen LogP contribution in [0.4, 0.5) is 4.39 Å². The van der Waals surface area contributed by atoms with Crippen LogP contribution in [0.15, 0.2) is 36.4 Å². The molecule has 1 atom stereocenters. The van der Waals surface area contributed by atoms with Crippen molar-refractivity contribution in [3.8, 4) is 17.2 Å². The Morgan fingerprint density at radius 2 is 1.67 bits per heavy atom. The SMILES string of the molecule is COc1ccc(C(N)c2c(F)cccc2OC)c(OC)c1. The molecule has 2 rings (SSSR count). The van der Waals surface area contributed by atoms with Gasteiger partial charge < -0.3 is 19.9 Å². The first-order valence-corrected chi connectivity index (χ1v) is 6.42. The summed E-state index contributed by atoms with van der Waals surface area (Å²) in [5, 5.41) is 0. The maximum atomic E-state index is 14.1. The lowest BCUT2D eigenvalue weighted by Gasteiger charge is -2.19. The largest absolute Gasteiger partial charge is 0.497 e. The van der Waals surface area contributed by atoms with Gasteiger partial charge in [0.15, 0.2) is 0 Å². The van der Waals surface area contributed by atoms with Crippen LogP contribution in [-0.4, -0.2) is 21.3 Å². The van der Waals surface area contributed by atoms with Crippen molar-refractivity contribution >= 4 is 0 Å². The highest BCUT2D eigenvalue weighted by Crippen LogP contribution is 2.36. The monoisotopic (exact) mass is 291 g/mol. The van der Waals surface area contributed by atoms with Gasteiger partial charge in [-0.3, -0.25) is 0 Å². The lowest BCUT2D eigenvalue weighted by atomic mass is 9.97. The van der Waals surface area contributed by atoms with E-state index >= 15 is 0 Å². The molecule has 0 aliphatic carbocycles. The standard InChI is InChI=1S/C16H18FNO3/c1-19-10-7-8-11(14(9-10)21-3)16(18)15-12(17)5-4-6-13(15)20-2/h4-9,16H,18H2,1-3H3. The summed E-state index contributed by atoms with van der Waals surface area (Å²) in [6.45, 7) is 0. The fourth-order valence-corrected chi connectivity index (χ4v) is 2.23. The number of ether oxygens (including phenoxy) is 3. The van der Waals surface area contributed by atoms with Gasteiger partial charge in [0, 0.05) is 11.6 Å². The van der Waals surface area contributed by atoms with Crippen molar-refractivity contribution in [1.29, 1.82) is 0 Å². The number of benzene rings is 2. The molecule has 0 aromatic heterocycles. The molecule has 0 aliphatic heterocycles. The first kappa shape index (κ1) is 15.1. The zero-order valence-corrected chi connectivity index (χ0v) is 12.2. The summed E-state index contributed by atoms with van der Waals surface area (Å²) in [6, 6.07) is 9.13. The van der Waals surface area contributed by atoms with Crippen LogP contribution in [0.1, 0.15) is 17.2 Å². The van der Waals surface area contributed by atoms with E-state index in [1.165, 1.54) is 20.3 Å². The van der Waals surface area contributed by atoms with Gasteiger partial charge >= 0.3 is 0 Å². The summed E-state index contributed by atoms with van der Waals surface area (Å²) >= 11 is 0. The number of hydrogen-bond donors (Lipinski definition) is 1. The molecule has 0 fully saturated rings. The molecule has 112 valence electrons. The molecular weight excluding hydrogens is 273 g/mol. The highest BCUT2D eigenvalue weighted by Gasteiger charge is 2.21. The summed E-state index contributed by atoms with van der Waals surface area (Å²) in [4.78, 5) is 0. The zero-order chi connectivity index (χ0) is 15.4. The molecular formula is C16H18FNO3. The van der Waals surface area contributed by atoms with Gasteiger partial charge in [-0.1, -0.05) is 6.07 Å². The lowest BCUT2D eigenvalue weighted by Crippen LogP contribution is -2.16. The Kier molecular flexibility index (Phi) is 4.65. The van der Waals surface area contributed by atoms with E-state index in [0.717, 1.165) is 0 Å². The van der Waals surface area contributed by atoms with Crippen molar-refractivity contribution in [3.63, 3.8) is 0 Å². The quantitative estimate of drug-likeness (QED) is 0.920. The van der Waals surface area contributed by atoms with Gasteiger partial charge in [-0.25, -0.2) is 4.39 Å². The average molecular weight is 291 g/mol. The Morgan fingerprint density at radius 3 is 2.29 bits per heavy atom. The van der Waals surface area contributed by atoms with Crippen molar-refractivity contribution < 1.29 is 18.6 Å². The number of halogens is 1. The topological polar surface area (TPSA) is 53.7 Å². The van der Waals surface area contributed by atoms with Crippen molar-refractivity contribution in [2.24, 2.45) is 5.73 Å². The zero-order valence-electron chi connectivity index (χ0n) is 12.2. The lowest BCUT2D eigenvalue weighted by molar-refractivity contribution is 0.386. The van der Waals surface area contributed by atoms with Crippen LogP contribution in [0.3, 0.4) is 0 Å². The van der Waals surface area contributed by atoms with Crippen molar-refractivity contribution in [3.05, 3.63) is 53.3 Å². The van der Waals surface area contributed by atoms with E-state index in [1.54, 1.807) is 37.4 Å². The van der Waals surface area contributed by atoms with E-state index in [-0.39, 0.29) is 0 Å².